The molecule has 4 aromatic rings. The number of ether oxygens (including phenoxy) is 1. The van der Waals surface area contributed by atoms with Crippen molar-refractivity contribution in [2.24, 2.45) is 0 Å². The van der Waals surface area contributed by atoms with Crippen LogP contribution in [0, 0.1) is 17.0 Å². The Morgan fingerprint density at radius 2 is 1.94 bits per heavy atom. The van der Waals surface area contributed by atoms with Crippen molar-refractivity contribution in [2.45, 2.75) is 6.92 Å². The van der Waals surface area contributed by atoms with Gasteiger partial charge >= 0.3 is 5.97 Å². The Kier molecular flexibility index (Phi) is 5.74. The molecule has 4 rings (SSSR count). The summed E-state index contributed by atoms with van der Waals surface area (Å²) in [5.74, 6) is -1.31. The van der Waals surface area contributed by atoms with E-state index in [1.165, 1.54) is 34.8 Å². The third kappa shape index (κ3) is 4.60. The quantitative estimate of drug-likeness (QED) is 0.249. The summed E-state index contributed by atoms with van der Waals surface area (Å²) in [6.45, 7) is 1.15. The summed E-state index contributed by atoms with van der Waals surface area (Å²) in [5, 5.41) is 14.4. The maximum atomic E-state index is 12.3. The summed E-state index contributed by atoms with van der Waals surface area (Å²) in [7, 11) is 0. The van der Waals surface area contributed by atoms with Crippen molar-refractivity contribution in [1.82, 2.24) is 4.98 Å². The summed E-state index contributed by atoms with van der Waals surface area (Å²) in [6, 6.07) is 15.6. The highest BCUT2D eigenvalue weighted by Gasteiger charge is 2.18. The fourth-order valence-corrected chi connectivity index (χ4v) is 4.75. The zero-order valence-electron chi connectivity index (χ0n) is 16.2. The zero-order valence-corrected chi connectivity index (χ0v) is 17.8. The van der Waals surface area contributed by atoms with Crippen LogP contribution in [0.1, 0.15) is 15.2 Å². The number of para-hydroxylation sites is 1. The normalized spacial score (nSPS) is 10.7. The van der Waals surface area contributed by atoms with Gasteiger partial charge in [-0.05, 0) is 42.8 Å². The number of nitro benzene ring substituents is 1. The van der Waals surface area contributed by atoms with Crippen molar-refractivity contribution in [3.63, 3.8) is 0 Å². The molecule has 0 atom stereocenters. The summed E-state index contributed by atoms with van der Waals surface area (Å²) in [5.41, 5.74) is 1.41. The number of fused-ring (bicyclic) bond motifs is 1. The van der Waals surface area contributed by atoms with Gasteiger partial charge < -0.3 is 10.1 Å². The molecular weight excluding hydrogens is 438 g/mol. The number of hydrogen-bond donors (Lipinski definition) is 1. The third-order valence-electron chi connectivity index (χ3n) is 4.27. The predicted octanol–water partition coefficient (Wildman–Crippen LogP) is 5.04. The molecular formula is C21H15N3O5S2. The van der Waals surface area contributed by atoms with E-state index in [0.717, 1.165) is 20.1 Å². The van der Waals surface area contributed by atoms with Gasteiger partial charge in [-0.1, -0.05) is 18.2 Å². The van der Waals surface area contributed by atoms with Crippen molar-refractivity contribution in [3.8, 4) is 9.88 Å². The molecule has 1 N–H and O–H groups in total. The van der Waals surface area contributed by atoms with Gasteiger partial charge in [-0.3, -0.25) is 14.9 Å². The molecule has 2 heterocycles. The van der Waals surface area contributed by atoms with Crippen molar-refractivity contribution >= 4 is 56.1 Å². The molecule has 0 saturated carbocycles. The highest BCUT2D eigenvalue weighted by molar-refractivity contribution is 7.26. The molecule has 0 aliphatic heterocycles. The molecule has 8 nitrogen and oxygen atoms in total. The highest BCUT2D eigenvalue weighted by atomic mass is 32.1. The van der Waals surface area contributed by atoms with E-state index in [2.05, 4.69) is 10.3 Å². The number of nitro groups is 1. The number of thiazole rings is 1. The Labute approximate surface area is 184 Å². The number of hydrogen-bond acceptors (Lipinski definition) is 8. The second-order valence-corrected chi connectivity index (χ2v) is 8.67. The van der Waals surface area contributed by atoms with Gasteiger partial charge in [-0.15, -0.1) is 22.7 Å². The van der Waals surface area contributed by atoms with Gasteiger partial charge in [0, 0.05) is 6.07 Å². The van der Waals surface area contributed by atoms with Gasteiger partial charge in [-0.25, -0.2) is 9.78 Å². The lowest BCUT2D eigenvalue weighted by molar-refractivity contribution is -0.384. The number of nitrogens with zero attached hydrogens (tertiary/aromatic N) is 2. The maximum absolute atomic E-state index is 12.3. The van der Waals surface area contributed by atoms with Crippen LogP contribution >= 0.6 is 22.7 Å². The number of thiophene rings is 1. The maximum Gasteiger partial charge on any atom is 0.348 e. The van der Waals surface area contributed by atoms with E-state index >= 15 is 0 Å². The van der Waals surface area contributed by atoms with Gasteiger partial charge in [0.05, 0.1) is 20.0 Å². The van der Waals surface area contributed by atoms with Crippen molar-refractivity contribution < 1.29 is 19.2 Å². The Morgan fingerprint density at radius 3 is 2.71 bits per heavy atom. The minimum atomic E-state index is -0.664. The van der Waals surface area contributed by atoms with Crippen LogP contribution < -0.4 is 5.32 Å². The Hall–Kier alpha value is -3.63. The number of esters is 1. The van der Waals surface area contributed by atoms with E-state index in [-0.39, 0.29) is 11.4 Å². The first-order chi connectivity index (χ1) is 14.9. The summed E-state index contributed by atoms with van der Waals surface area (Å²) in [6.07, 6.45) is 0. The van der Waals surface area contributed by atoms with Crippen molar-refractivity contribution in [2.75, 3.05) is 11.9 Å². The van der Waals surface area contributed by atoms with Crippen LogP contribution in [0.3, 0.4) is 0 Å². The summed E-state index contributed by atoms with van der Waals surface area (Å²) >= 11 is 2.75. The van der Waals surface area contributed by atoms with Crippen LogP contribution in [0.2, 0.25) is 0 Å². The molecule has 0 fully saturated rings. The van der Waals surface area contributed by atoms with E-state index < -0.39 is 23.4 Å². The number of aromatic nitrogens is 1. The molecule has 0 saturated heterocycles. The molecule has 0 aliphatic rings. The molecule has 0 spiro atoms. The number of anilines is 1. The second kappa shape index (κ2) is 8.62. The number of aryl methyl sites for hydroxylation is 1. The van der Waals surface area contributed by atoms with Crippen LogP contribution in [0.15, 0.2) is 54.6 Å². The van der Waals surface area contributed by atoms with Gasteiger partial charge in [-0.2, -0.15) is 0 Å². The van der Waals surface area contributed by atoms with Gasteiger partial charge in [0.2, 0.25) is 0 Å². The summed E-state index contributed by atoms with van der Waals surface area (Å²) in [4.78, 5) is 40.7. The van der Waals surface area contributed by atoms with Gasteiger partial charge in [0.15, 0.2) is 6.61 Å². The number of carbonyl (C=O) groups is 2. The lowest BCUT2D eigenvalue weighted by Crippen LogP contribution is -2.21. The first-order valence-electron chi connectivity index (χ1n) is 9.08. The molecule has 2 aromatic carbocycles. The average Bonchev–Trinajstić information content (AvgIpc) is 3.40. The first kappa shape index (κ1) is 20.6. The smallest absolute Gasteiger partial charge is 0.348 e. The summed E-state index contributed by atoms with van der Waals surface area (Å²) < 4.78 is 6.12. The molecule has 10 heteroatoms. The molecule has 0 unspecified atom stereocenters. The molecule has 31 heavy (non-hydrogen) atoms. The van der Waals surface area contributed by atoms with E-state index in [0.29, 0.717) is 10.4 Å². The molecule has 1 amide bonds. The molecule has 0 aliphatic carbocycles. The van der Waals surface area contributed by atoms with E-state index in [1.54, 1.807) is 25.1 Å². The Morgan fingerprint density at radius 1 is 1.13 bits per heavy atom. The average molecular weight is 454 g/mol. The number of amides is 1. The SMILES string of the molecule is Cc1ccc(NC(=O)COC(=O)c2ccc(-c3nc4ccccc4s3)s2)c([N+](=O)[O-])c1. The topological polar surface area (TPSA) is 111 Å². The number of carbonyl (C=O) groups excluding carboxylic acids is 2. The van der Waals surface area contributed by atoms with Crippen LogP contribution in [-0.2, 0) is 9.53 Å². The number of nitrogens with one attached hydrogen (secondary N) is 1. The molecule has 156 valence electrons. The van der Waals surface area contributed by atoms with Crippen molar-refractivity contribution in [3.05, 3.63) is 75.2 Å². The fourth-order valence-electron chi connectivity index (χ4n) is 2.83. The minimum Gasteiger partial charge on any atom is -0.451 e. The molecule has 0 bridgehead atoms. The van der Waals surface area contributed by atoms with Crippen LogP contribution in [0.5, 0.6) is 0 Å². The fraction of sp³-hybridized carbons (Fsp3) is 0.0952. The lowest BCUT2D eigenvalue weighted by atomic mass is 10.2. The monoisotopic (exact) mass is 453 g/mol. The second-order valence-electron chi connectivity index (χ2n) is 6.55. The highest BCUT2D eigenvalue weighted by Crippen LogP contribution is 2.34. The molecule has 0 radical (unpaired) electrons. The van der Waals surface area contributed by atoms with Crippen LogP contribution in [-0.4, -0.2) is 28.4 Å². The predicted molar refractivity (Wildman–Crippen MR) is 120 cm³/mol. The van der Waals surface area contributed by atoms with E-state index in [4.69, 9.17) is 4.74 Å². The standard InChI is InChI=1S/C21H15N3O5S2/c1-12-6-7-13(15(10-12)24(27)28)22-19(25)11-29-21(26)18-9-8-17(30-18)20-23-14-4-2-3-5-16(14)31-20/h2-10H,11H2,1H3,(H,22,25). The van der Waals surface area contributed by atoms with Gasteiger partial charge in [0.25, 0.3) is 11.6 Å². The van der Waals surface area contributed by atoms with Crippen LogP contribution in [0.4, 0.5) is 11.4 Å². The lowest BCUT2D eigenvalue weighted by Gasteiger charge is -2.07. The Balaban J connectivity index is 1.39. The van der Waals surface area contributed by atoms with Crippen molar-refractivity contribution in [1.29, 1.82) is 0 Å². The van der Waals surface area contributed by atoms with E-state index in [1.807, 2.05) is 24.3 Å². The minimum absolute atomic E-state index is 0.0471. The zero-order chi connectivity index (χ0) is 22.0. The Bertz CT molecular complexity index is 1280. The van der Waals surface area contributed by atoms with Crippen LogP contribution in [0.25, 0.3) is 20.1 Å². The largest absolute Gasteiger partial charge is 0.451 e. The van der Waals surface area contributed by atoms with E-state index in [9.17, 15) is 19.7 Å². The number of benzene rings is 2. The number of rotatable bonds is 6. The third-order valence-corrected chi connectivity index (χ3v) is 6.54. The first-order valence-corrected chi connectivity index (χ1v) is 10.7. The van der Waals surface area contributed by atoms with Gasteiger partial charge in [0.1, 0.15) is 15.6 Å². The molecule has 2 aromatic heterocycles.